The van der Waals surface area contributed by atoms with E-state index in [0.29, 0.717) is 5.88 Å². The fourth-order valence-electron chi connectivity index (χ4n) is 1.64. The van der Waals surface area contributed by atoms with Gasteiger partial charge in [0.1, 0.15) is 0 Å². The number of hydrogen-bond donors (Lipinski definition) is 0. The summed E-state index contributed by atoms with van der Waals surface area (Å²) in [6, 6.07) is 3.98. The molecule has 1 aromatic heterocycles. The van der Waals surface area contributed by atoms with Crippen molar-refractivity contribution in [1.29, 1.82) is 0 Å². The van der Waals surface area contributed by atoms with Gasteiger partial charge in [-0.3, -0.25) is 0 Å². The van der Waals surface area contributed by atoms with Crippen LogP contribution in [0, 0.1) is 5.92 Å². The molecule has 0 aliphatic carbocycles. The van der Waals surface area contributed by atoms with E-state index in [1.165, 1.54) is 9.18 Å². The summed E-state index contributed by atoms with van der Waals surface area (Å²) in [5, 5.41) is 2.01. The fraction of sp³-hybridized carbons (Fsp3) is 0.667. The van der Waals surface area contributed by atoms with Crippen molar-refractivity contribution in [2.45, 2.75) is 26.3 Å². The highest BCUT2D eigenvalue weighted by molar-refractivity contribution is 7.89. The molecule has 1 rings (SSSR count). The standard InChI is InChI=1S/C12H20ClNO2S2/c1-10(8-13)9-18(15,16)14(3)11(2)7-12-5-4-6-17-12/h4-6,10-11H,7-9H2,1-3H3. The second kappa shape index (κ2) is 6.89. The first-order valence-electron chi connectivity index (χ1n) is 5.91. The Labute approximate surface area is 119 Å². The highest BCUT2D eigenvalue weighted by Gasteiger charge is 2.25. The molecule has 0 aliphatic rings. The zero-order chi connectivity index (χ0) is 13.8. The van der Waals surface area contributed by atoms with Crippen molar-refractivity contribution < 1.29 is 8.42 Å². The average molecular weight is 310 g/mol. The first kappa shape index (κ1) is 16.0. The van der Waals surface area contributed by atoms with Crippen molar-refractivity contribution in [2.24, 2.45) is 5.92 Å². The number of hydrogen-bond acceptors (Lipinski definition) is 3. The summed E-state index contributed by atoms with van der Waals surface area (Å²) in [7, 11) is -1.57. The molecule has 0 spiro atoms. The van der Waals surface area contributed by atoms with Crippen LogP contribution in [0.4, 0.5) is 0 Å². The van der Waals surface area contributed by atoms with Gasteiger partial charge in [-0.05, 0) is 30.7 Å². The molecule has 0 aromatic carbocycles. The van der Waals surface area contributed by atoms with E-state index < -0.39 is 10.0 Å². The molecule has 0 saturated carbocycles. The monoisotopic (exact) mass is 309 g/mol. The molecule has 0 bridgehead atoms. The van der Waals surface area contributed by atoms with Gasteiger partial charge in [0.2, 0.25) is 10.0 Å². The molecule has 1 aromatic rings. The Morgan fingerprint density at radius 3 is 2.61 bits per heavy atom. The quantitative estimate of drug-likeness (QED) is 0.726. The number of alkyl halides is 1. The molecule has 1 heterocycles. The minimum Gasteiger partial charge on any atom is -0.212 e. The number of likely N-dealkylation sites (N-methyl/N-ethyl adjacent to an activating group) is 1. The summed E-state index contributed by atoms with van der Waals surface area (Å²) in [5.41, 5.74) is 0. The molecular weight excluding hydrogens is 290 g/mol. The number of rotatable bonds is 7. The predicted octanol–water partition coefficient (Wildman–Crippen LogP) is 2.82. The summed E-state index contributed by atoms with van der Waals surface area (Å²) in [4.78, 5) is 1.20. The van der Waals surface area contributed by atoms with Crippen LogP contribution in [0.15, 0.2) is 17.5 Å². The SMILES string of the molecule is CC(CCl)CS(=O)(=O)N(C)C(C)Cc1cccs1. The first-order valence-corrected chi connectivity index (χ1v) is 8.93. The van der Waals surface area contributed by atoms with E-state index in [2.05, 4.69) is 0 Å². The Morgan fingerprint density at radius 2 is 2.11 bits per heavy atom. The largest absolute Gasteiger partial charge is 0.214 e. The van der Waals surface area contributed by atoms with Gasteiger partial charge in [0, 0.05) is 23.8 Å². The lowest BCUT2D eigenvalue weighted by Crippen LogP contribution is -2.39. The van der Waals surface area contributed by atoms with Gasteiger partial charge < -0.3 is 0 Å². The highest BCUT2D eigenvalue weighted by atomic mass is 35.5. The topological polar surface area (TPSA) is 37.4 Å². The highest BCUT2D eigenvalue weighted by Crippen LogP contribution is 2.17. The number of sulfonamides is 1. The maximum Gasteiger partial charge on any atom is 0.214 e. The van der Waals surface area contributed by atoms with Crippen molar-refractivity contribution in [2.75, 3.05) is 18.7 Å². The average Bonchev–Trinajstić information content (AvgIpc) is 2.79. The number of nitrogens with zero attached hydrogens (tertiary/aromatic N) is 1. The van der Waals surface area contributed by atoms with Crippen LogP contribution in [-0.2, 0) is 16.4 Å². The molecule has 104 valence electrons. The van der Waals surface area contributed by atoms with Crippen LogP contribution in [0.2, 0.25) is 0 Å². The second-order valence-electron chi connectivity index (χ2n) is 4.69. The van der Waals surface area contributed by atoms with Crippen LogP contribution in [-0.4, -0.2) is 37.4 Å². The zero-order valence-electron chi connectivity index (χ0n) is 11.0. The molecule has 0 aliphatic heterocycles. The molecule has 3 nitrogen and oxygen atoms in total. The number of halogens is 1. The smallest absolute Gasteiger partial charge is 0.212 e. The van der Waals surface area contributed by atoms with E-state index in [1.807, 2.05) is 31.4 Å². The summed E-state index contributed by atoms with van der Waals surface area (Å²) in [6.45, 7) is 3.78. The number of thiophene rings is 1. The Morgan fingerprint density at radius 1 is 1.44 bits per heavy atom. The van der Waals surface area contributed by atoms with Crippen LogP contribution < -0.4 is 0 Å². The molecule has 0 fully saturated rings. The lowest BCUT2D eigenvalue weighted by Gasteiger charge is -2.25. The van der Waals surface area contributed by atoms with Crippen molar-refractivity contribution in [3.8, 4) is 0 Å². The van der Waals surface area contributed by atoms with E-state index in [4.69, 9.17) is 11.6 Å². The molecular formula is C12H20ClNO2S2. The van der Waals surface area contributed by atoms with Crippen LogP contribution in [0.5, 0.6) is 0 Å². The molecule has 0 N–H and O–H groups in total. The van der Waals surface area contributed by atoms with Crippen molar-refractivity contribution in [3.63, 3.8) is 0 Å². The maximum atomic E-state index is 12.1. The minimum absolute atomic E-state index is 0.0203. The van der Waals surface area contributed by atoms with Gasteiger partial charge in [0.15, 0.2) is 0 Å². The predicted molar refractivity (Wildman–Crippen MR) is 78.9 cm³/mol. The van der Waals surface area contributed by atoms with E-state index in [1.54, 1.807) is 18.4 Å². The molecule has 0 saturated heterocycles. The minimum atomic E-state index is -3.22. The van der Waals surface area contributed by atoms with E-state index in [9.17, 15) is 8.42 Å². The lowest BCUT2D eigenvalue weighted by molar-refractivity contribution is 0.385. The van der Waals surface area contributed by atoms with E-state index in [0.717, 1.165) is 6.42 Å². The third-order valence-electron chi connectivity index (χ3n) is 2.89. The van der Waals surface area contributed by atoms with Crippen molar-refractivity contribution >= 4 is 33.0 Å². The summed E-state index contributed by atoms with van der Waals surface area (Å²) >= 11 is 7.33. The van der Waals surface area contributed by atoms with Crippen LogP contribution in [0.1, 0.15) is 18.7 Å². The van der Waals surface area contributed by atoms with E-state index >= 15 is 0 Å². The van der Waals surface area contributed by atoms with Gasteiger partial charge >= 0.3 is 0 Å². The molecule has 6 heteroatoms. The van der Waals surface area contributed by atoms with Crippen molar-refractivity contribution in [1.82, 2.24) is 4.31 Å². The molecule has 0 amide bonds. The van der Waals surface area contributed by atoms with Crippen LogP contribution in [0.25, 0.3) is 0 Å². The normalized spacial score (nSPS) is 15.8. The van der Waals surface area contributed by atoms with Crippen LogP contribution in [0.3, 0.4) is 0 Å². The molecule has 0 radical (unpaired) electrons. The van der Waals surface area contributed by atoms with Gasteiger partial charge in [-0.15, -0.1) is 22.9 Å². The fourth-order valence-corrected chi connectivity index (χ4v) is 4.40. The third-order valence-corrected chi connectivity index (χ3v) is 6.55. The lowest BCUT2D eigenvalue weighted by atomic mass is 10.2. The Kier molecular flexibility index (Phi) is 6.11. The first-order chi connectivity index (χ1) is 8.36. The van der Waals surface area contributed by atoms with E-state index in [-0.39, 0.29) is 17.7 Å². The van der Waals surface area contributed by atoms with Gasteiger partial charge in [0.05, 0.1) is 5.75 Å². The third kappa shape index (κ3) is 4.53. The Balaban J connectivity index is 2.64. The van der Waals surface area contributed by atoms with Gasteiger partial charge in [-0.1, -0.05) is 13.0 Å². The van der Waals surface area contributed by atoms with Gasteiger partial charge in [-0.25, -0.2) is 12.7 Å². The van der Waals surface area contributed by atoms with Crippen LogP contribution >= 0.6 is 22.9 Å². The second-order valence-corrected chi connectivity index (χ2v) is 8.10. The summed E-state index contributed by atoms with van der Waals surface area (Å²) in [6.07, 6.45) is 0.753. The van der Waals surface area contributed by atoms with Crippen molar-refractivity contribution in [3.05, 3.63) is 22.4 Å². The van der Waals surface area contributed by atoms with Gasteiger partial charge in [0.25, 0.3) is 0 Å². The summed E-state index contributed by atoms with van der Waals surface area (Å²) in [5.74, 6) is 0.460. The Hall–Kier alpha value is -0.100. The maximum absolute atomic E-state index is 12.1. The molecule has 2 atom stereocenters. The van der Waals surface area contributed by atoms with Gasteiger partial charge in [-0.2, -0.15) is 0 Å². The Bertz CT molecular complexity index is 445. The summed E-state index contributed by atoms with van der Waals surface area (Å²) < 4.78 is 25.7. The zero-order valence-corrected chi connectivity index (χ0v) is 13.4. The molecule has 18 heavy (non-hydrogen) atoms. The molecule has 2 unspecified atom stereocenters.